The third-order valence-corrected chi connectivity index (χ3v) is 1.71. The van der Waals surface area contributed by atoms with E-state index in [0.29, 0.717) is 6.10 Å². The Morgan fingerprint density at radius 3 is 2.08 bits per heavy atom. The van der Waals surface area contributed by atoms with Crippen LogP contribution in [0, 0.1) is 0 Å². The van der Waals surface area contributed by atoms with Gasteiger partial charge in [-0.1, -0.05) is 6.92 Å². The molecule has 0 aromatic heterocycles. The lowest BCUT2D eigenvalue weighted by Crippen LogP contribution is -2.21. The highest BCUT2D eigenvalue weighted by Crippen LogP contribution is 2.21. The van der Waals surface area contributed by atoms with Crippen molar-refractivity contribution in [2.45, 2.75) is 38.7 Å². The molecule has 3 nitrogen and oxygen atoms in total. The number of hydrogen-bond acceptors (Lipinski definition) is 3. The minimum Gasteiger partial charge on any atom is -0.394 e. The summed E-state index contributed by atoms with van der Waals surface area (Å²) in [6.45, 7) is 2.86. The molecule has 0 amide bonds. The Hall–Kier alpha value is -0.120. The topological polar surface area (TPSA) is 49.7 Å². The summed E-state index contributed by atoms with van der Waals surface area (Å²) in [4.78, 5) is 0. The molecule has 12 heavy (non-hydrogen) atoms. The van der Waals surface area contributed by atoms with Crippen LogP contribution in [0.1, 0.15) is 32.6 Å². The van der Waals surface area contributed by atoms with Gasteiger partial charge in [-0.25, -0.2) is 0 Å². The highest BCUT2D eigenvalue weighted by Gasteiger charge is 2.16. The molecule has 0 aliphatic heterocycles. The molecule has 0 aromatic rings. The van der Waals surface area contributed by atoms with Crippen LogP contribution in [0.5, 0.6) is 0 Å². The number of hydrogen-bond donors (Lipinski definition) is 2. The lowest BCUT2D eigenvalue weighted by Gasteiger charge is -2.25. The lowest BCUT2D eigenvalue weighted by atomic mass is 9.96. The summed E-state index contributed by atoms with van der Waals surface area (Å²) >= 11 is 0. The fourth-order valence-electron chi connectivity index (χ4n) is 0.822. The SMILES string of the molecule is CCCOC1CCC1.OCCO. The van der Waals surface area contributed by atoms with Crippen molar-refractivity contribution in [1.82, 2.24) is 0 Å². The summed E-state index contributed by atoms with van der Waals surface area (Å²) < 4.78 is 5.43. The van der Waals surface area contributed by atoms with Gasteiger partial charge in [-0.2, -0.15) is 0 Å². The van der Waals surface area contributed by atoms with Crippen molar-refractivity contribution < 1.29 is 14.9 Å². The van der Waals surface area contributed by atoms with Gasteiger partial charge in [-0.15, -0.1) is 0 Å². The van der Waals surface area contributed by atoms with Crippen molar-refractivity contribution in [1.29, 1.82) is 0 Å². The van der Waals surface area contributed by atoms with Gasteiger partial charge in [0.2, 0.25) is 0 Å². The molecule has 0 atom stereocenters. The third-order valence-electron chi connectivity index (χ3n) is 1.71. The van der Waals surface area contributed by atoms with Crippen LogP contribution < -0.4 is 0 Å². The second kappa shape index (κ2) is 8.97. The first kappa shape index (κ1) is 11.9. The predicted molar refractivity (Wildman–Crippen MR) is 48.1 cm³/mol. The summed E-state index contributed by atoms with van der Waals surface area (Å²) in [7, 11) is 0. The Balaban J connectivity index is 0.000000261. The number of rotatable bonds is 4. The molecule has 2 N–H and O–H groups in total. The van der Waals surface area contributed by atoms with Gasteiger partial charge in [-0.05, 0) is 25.7 Å². The molecule has 0 radical (unpaired) electrons. The van der Waals surface area contributed by atoms with E-state index in [2.05, 4.69) is 6.92 Å². The zero-order valence-electron chi connectivity index (χ0n) is 7.83. The molecule has 1 aliphatic carbocycles. The molecule has 1 rings (SSSR count). The first-order valence-electron chi connectivity index (χ1n) is 4.68. The van der Waals surface area contributed by atoms with Gasteiger partial charge in [-0.3, -0.25) is 0 Å². The lowest BCUT2D eigenvalue weighted by molar-refractivity contribution is 0.00286. The number of ether oxygens (including phenoxy) is 1. The van der Waals surface area contributed by atoms with E-state index in [1.807, 2.05) is 0 Å². The maximum Gasteiger partial charge on any atom is 0.0662 e. The third kappa shape index (κ3) is 6.58. The van der Waals surface area contributed by atoms with Crippen LogP contribution in [-0.2, 0) is 4.74 Å². The monoisotopic (exact) mass is 176 g/mol. The minimum absolute atomic E-state index is 0.125. The van der Waals surface area contributed by atoms with Crippen LogP contribution in [0.15, 0.2) is 0 Å². The van der Waals surface area contributed by atoms with Gasteiger partial charge < -0.3 is 14.9 Å². The average molecular weight is 176 g/mol. The van der Waals surface area contributed by atoms with Crippen LogP contribution >= 0.6 is 0 Å². The highest BCUT2D eigenvalue weighted by molar-refractivity contribution is 4.68. The van der Waals surface area contributed by atoms with E-state index in [1.54, 1.807) is 0 Å². The largest absolute Gasteiger partial charge is 0.394 e. The molecule has 1 aliphatic rings. The van der Waals surface area contributed by atoms with Gasteiger partial charge in [0.25, 0.3) is 0 Å². The highest BCUT2D eigenvalue weighted by atomic mass is 16.5. The van der Waals surface area contributed by atoms with Gasteiger partial charge >= 0.3 is 0 Å². The quantitative estimate of drug-likeness (QED) is 0.670. The van der Waals surface area contributed by atoms with Crippen molar-refractivity contribution in [2.24, 2.45) is 0 Å². The van der Waals surface area contributed by atoms with Crippen molar-refractivity contribution in [3.8, 4) is 0 Å². The van der Waals surface area contributed by atoms with Crippen LogP contribution in [0.25, 0.3) is 0 Å². The summed E-state index contributed by atoms with van der Waals surface area (Å²) in [5, 5.41) is 15.2. The smallest absolute Gasteiger partial charge is 0.0662 e. The first-order valence-corrected chi connectivity index (χ1v) is 4.68. The van der Waals surface area contributed by atoms with Gasteiger partial charge in [0.05, 0.1) is 19.3 Å². The molecule has 1 fully saturated rings. The zero-order chi connectivity index (χ0) is 9.23. The first-order chi connectivity index (χ1) is 5.85. The van der Waals surface area contributed by atoms with Gasteiger partial charge in [0.15, 0.2) is 0 Å². The second-order valence-electron chi connectivity index (χ2n) is 2.87. The number of aliphatic hydroxyl groups excluding tert-OH is 2. The van der Waals surface area contributed by atoms with E-state index >= 15 is 0 Å². The minimum atomic E-state index is -0.125. The van der Waals surface area contributed by atoms with Gasteiger partial charge in [0.1, 0.15) is 0 Å². The molecular weight excluding hydrogens is 156 g/mol. The van der Waals surface area contributed by atoms with Gasteiger partial charge in [0, 0.05) is 6.61 Å². The summed E-state index contributed by atoms with van der Waals surface area (Å²) in [5.74, 6) is 0. The van der Waals surface area contributed by atoms with Crippen LogP contribution in [-0.4, -0.2) is 36.1 Å². The van der Waals surface area contributed by atoms with E-state index in [0.717, 1.165) is 13.0 Å². The summed E-state index contributed by atoms with van der Waals surface area (Å²) in [6, 6.07) is 0. The van der Waals surface area contributed by atoms with E-state index in [1.165, 1.54) is 19.3 Å². The molecule has 3 heteroatoms. The Morgan fingerprint density at radius 2 is 1.83 bits per heavy atom. The summed E-state index contributed by atoms with van der Waals surface area (Å²) in [5.41, 5.74) is 0. The van der Waals surface area contributed by atoms with Crippen molar-refractivity contribution in [3.63, 3.8) is 0 Å². The standard InChI is InChI=1S/C7H14O.C2H6O2/c1-2-6-8-7-4-3-5-7;3-1-2-4/h7H,2-6H2,1H3;3-4H,1-2H2. The molecule has 74 valence electrons. The van der Waals surface area contributed by atoms with E-state index in [9.17, 15) is 0 Å². The molecule has 0 aromatic carbocycles. The molecule has 0 saturated heterocycles. The Kier molecular flexibility index (Phi) is 8.88. The maximum atomic E-state index is 7.62. The van der Waals surface area contributed by atoms with E-state index in [4.69, 9.17) is 14.9 Å². The van der Waals surface area contributed by atoms with Crippen molar-refractivity contribution in [3.05, 3.63) is 0 Å². The predicted octanol–water partition coefficient (Wildman–Crippen LogP) is 0.936. The maximum absolute atomic E-state index is 7.62. The van der Waals surface area contributed by atoms with E-state index < -0.39 is 0 Å². The van der Waals surface area contributed by atoms with Crippen LogP contribution in [0.2, 0.25) is 0 Å². The molecule has 0 bridgehead atoms. The van der Waals surface area contributed by atoms with Crippen LogP contribution in [0.3, 0.4) is 0 Å². The average Bonchev–Trinajstić information content (AvgIpc) is 2.03. The normalized spacial score (nSPS) is 16.2. The Labute approximate surface area is 74.4 Å². The molecule has 1 saturated carbocycles. The van der Waals surface area contributed by atoms with Crippen molar-refractivity contribution >= 4 is 0 Å². The zero-order valence-corrected chi connectivity index (χ0v) is 7.83. The van der Waals surface area contributed by atoms with Crippen molar-refractivity contribution in [2.75, 3.05) is 19.8 Å². The molecule has 0 heterocycles. The van der Waals surface area contributed by atoms with E-state index in [-0.39, 0.29) is 13.2 Å². The molecule has 0 unspecified atom stereocenters. The number of aliphatic hydroxyl groups is 2. The summed E-state index contributed by atoms with van der Waals surface area (Å²) in [6.07, 6.45) is 5.79. The fourth-order valence-corrected chi connectivity index (χ4v) is 0.822. The second-order valence-corrected chi connectivity index (χ2v) is 2.87. The fraction of sp³-hybridized carbons (Fsp3) is 1.00. The Bertz CT molecular complexity index is 79.8. The molecular formula is C9H20O3. The Morgan fingerprint density at radius 1 is 1.25 bits per heavy atom. The van der Waals surface area contributed by atoms with Crippen LogP contribution in [0.4, 0.5) is 0 Å². The molecule has 0 spiro atoms.